The number of carbonyl (C=O) groups is 1. The second-order valence-corrected chi connectivity index (χ2v) is 9.85. The fraction of sp³-hybridized carbons (Fsp3) is 0.435. The Bertz CT molecular complexity index is 939. The summed E-state index contributed by atoms with van der Waals surface area (Å²) in [5, 5.41) is 10.0. The predicted octanol–water partition coefficient (Wildman–Crippen LogP) is 3.14. The number of primary sulfonamides is 1. The van der Waals surface area contributed by atoms with Crippen LogP contribution in [0.5, 0.6) is 0 Å². The number of nitrogens with two attached hydrogens (primary N) is 2. The first-order chi connectivity index (χ1) is 14.0. The fourth-order valence-electron chi connectivity index (χ4n) is 3.38. The van der Waals surface area contributed by atoms with Crippen LogP contribution in [0.4, 0.5) is 5.69 Å². The molecule has 2 aromatic rings. The van der Waals surface area contributed by atoms with E-state index in [0.717, 1.165) is 6.42 Å². The Morgan fingerprint density at radius 2 is 1.50 bits per heavy atom. The maximum atomic E-state index is 12.7. The summed E-state index contributed by atoms with van der Waals surface area (Å²) in [6, 6.07) is 14.4. The molecule has 0 bridgehead atoms. The lowest BCUT2D eigenvalue weighted by molar-refractivity contribution is -0.718. The van der Waals surface area contributed by atoms with Gasteiger partial charge in [-0.2, -0.15) is 0 Å². The van der Waals surface area contributed by atoms with Gasteiger partial charge in [0.15, 0.2) is 6.04 Å². The predicted molar refractivity (Wildman–Crippen MR) is 121 cm³/mol. The maximum Gasteiger partial charge on any atom is 0.282 e. The van der Waals surface area contributed by atoms with Gasteiger partial charge in [0.1, 0.15) is 6.04 Å². The molecule has 0 radical (unpaired) electrons. The largest absolute Gasteiger partial charge is 0.330 e. The summed E-state index contributed by atoms with van der Waals surface area (Å²) in [6.07, 6.45) is 1.11. The van der Waals surface area contributed by atoms with Crippen molar-refractivity contribution < 1.29 is 18.5 Å². The zero-order valence-electron chi connectivity index (χ0n) is 18.4. The molecule has 0 fully saturated rings. The lowest BCUT2D eigenvalue weighted by atomic mass is 9.91. The minimum Gasteiger partial charge on any atom is -0.330 e. The number of nitrogens with one attached hydrogen (secondary N) is 1. The van der Waals surface area contributed by atoms with Gasteiger partial charge in [-0.05, 0) is 49.1 Å². The Morgan fingerprint density at radius 3 is 1.97 bits per heavy atom. The third kappa shape index (κ3) is 6.39. The molecule has 0 aliphatic heterocycles. The molecule has 0 spiro atoms. The monoisotopic (exact) mass is 432 g/mol. The van der Waals surface area contributed by atoms with Crippen molar-refractivity contribution in [2.24, 2.45) is 11.1 Å². The van der Waals surface area contributed by atoms with Crippen LogP contribution in [0.25, 0.3) is 0 Å². The molecule has 164 valence electrons. The highest BCUT2D eigenvalue weighted by Gasteiger charge is 2.26. The zero-order valence-corrected chi connectivity index (χ0v) is 19.2. The number of rotatable bonds is 9. The molecule has 0 unspecified atom stereocenters. The third-order valence-electron chi connectivity index (χ3n) is 5.58. The first-order valence-electron chi connectivity index (χ1n) is 10.4. The molecule has 0 saturated heterocycles. The Hall–Kier alpha value is -2.22. The van der Waals surface area contributed by atoms with Crippen molar-refractivity contribution in [2.75, 3.05) is 5.32 Å². The highest BCUT2D eigenvalue weighted by atomic mass is 32.2. The Balaban J connectivity index is 2.07. The van der Waals surface area contributed by atoms with Crippen molar-refractivity contribution in [3.8, 4) is 0 Å². The van der Waals surface area contributed by atoms with Gasteiger partial charge in [-0.3, -0.25) is 4.79 Å². The highest BCUT2D eigenvalue weighted by molar-refractivity contribution is 7.89. The Morgan fingerprint density at radius 1 is 0.967 bits per heavy atom. The minimum atomic E-state index is -3.75. The molecule has 0 saturated carbocycles. The van der Waals surface area contributed by atoms with Crippen LogP contribution in [-0.4, -0.2) is 20.4 Å². The molecule has 0 aliphatic rings. The SMILES string of the molecule is CC[C@@H](C)c1ccc([C@H]([NH2+][C@@H](C)C(=O)Nc2ccc(S(N)(=O)=O)cc2)C(C)C)cc1. The highest BCUT2D eigenvalue weighted by Crippen LogP contribution is 2.23. The van der Waals surface area contributed by atoms with Crippen molar-refractivity contribution in [1.29, 1.82) is 0 Å². The molecule has 0 aromatic heterocycles. The van der Waals surface area contributed by atoms with Crippen LogP contribution in [0.3, 0.4) is 0 Å². The Kier molecular flexibility index (Phi) is 8.18. The summed E-state index contributed by atoms with van der Waals surface area (Å²) >= 11 is 0. The number of quaternary nitrogens is 1. The number of carbonyl (C=O) groups excluding carboxylic acids is 1. The lowest BCUT2D eigenvalue weighted by Gasteiger charge is -2.23. The van der Waals surface area contributed by atoms with Crippen LogP contribution in [0.1, 0.15) is 64.1 Å². The third-order valence-corrected chi connectivity index (χ3v) is 6.51. The van der Waals surface area contributed by atoms with Gasteiger partial charge in [-0.1, -0.05) is 52.0 Å². The number of benzene rings is 2. The van der Waals surface area contributed by atoms with Crippen LogP contribution in [-0.2, 0) is 14.8 Å². The van der Waals surface area contributed by atoms with Gasteiger partial charge in [0.2, 0.25) is 10.0 Å². The van der Waals surface area contributed by atoms with Crippen molar-refractivity contribution in [3.63, 3.8) is 0 Å². The van der Waals surface area contributed by atoms with Gasteiger partial charge in [0.05, 0.1) is 4.90 Å². The molecule has 2 rings (SSSR count). The van der Waals surface area contributed by atoms with Crippen LogP contribution < -0.4 is 15.8 Å². The van der Waals surface area contributed by atoms with Crippen molar-refractivity contribution in [1.82, 2.24) is 0 Å². The molecule has 2 aromatic carbocycles. The summed E-state index contributed by atoms with van der Waals surface area (Å²) in [4.78, 5) is 12.7. The van der Waals surface area contributed by atoms with Gasteiger partial charge in [0.25, 0.3) is 5.91 Å². The van der Waals surface area contributed by atoms with E-state index in [1.807, 2.05) is 6.92 Å². The first-order valence-corrected chi connectivity index (χ1v) is 12.0. The molecule has 3 atom stereocenters. The summed E-state index contributed by atoms with van der Waals surface area (Å²) in [7, 11) is -3.75. The standard InChI is InChI=1S/C23H33N3O3S/c1-6-16(4)18-7-9-19(10-8-18)22(15(2)3)25-17(5)23(27)26-20-11-13-21(14-12-20)30(24,28)29/h7-17,22,25H,6H2,1-5H3,(H,26,27)(H2,24,28,29)/p+1/t16-,17+,22-/m1/s1. The van der Waals surface area contributed by atoms with E-state index in [0.29, 0.717) is 17.5 Å². The average Bonchev–Trinajstić information content (AvgIpc) is 2.70. The summed E-state index contributed by atoms with van der Waals surface area (Å²) < 4.78 is 22.7. The van der Waals surface area contributed by atoms with Gasteiger partial charge < -0.3 is 10.6 Å². The molecule has 7 heteroatoms. The van der Waals surface area contributed by atoms with E-state index in [1.165, 1.54) is 35.4 Å². The fourth-order valence-corrected chi connectivity index (χ4v) is 3.90. The maximum absolute atomic E-state index is 12.7. The summed E-state index contributed by atoms with van der Waals surface area (Å²) in [5.74, 6) is 0.745. The van der Waals surface area contributed by atoms with Gasteiger partial charge in [-0.15, -0.1) is 0 Å². The van der Waals surface area contributed by atoms with E-state index < -0.39 is 10.0 Å². The molecule has 0 aliphatic carbocycles. The van der Waals surface area contributed by atoms with Crippen LogP contribution >= 0.6 is 0 Å². The van der Waals surface area contributed by atoms with Crippen molar-refractivity contribution in [3.05, 3.63) is 59.7 Å². The van der Waals surface area contributed by atoms with Gasteiger partial charge in [-0.25, -0.2) is 13.6 Å². The second kappa shape index (κ2) is 10.2. The van der Waals surface area contributed by atoms with E-state index in [-0.39, 0.29) is 22.9 Å². The molecule has 6 nitrogen and oxygen atoms in total. The molecule has 0 heterocycles. The molecule has 1 amide bonds. The number of sulfonamides is 1. The van der Waals surface area contributed by atoms with Gasteiger partial charge >= 0.3 is 0 Å². The van der Waals surface area contributed by atoms with E-state index in [9.17, 15) is 13.2 Å². The smallest absolute Gasteiger partial charge is 0.282 e. The van der Waals surface area contributed by atoms with Crippen LogP contribution in [0.15, 0.2) is 53.4 Å². The number of hydrogen-bond acceptors (Lipinski definition) is 3. The minimum absolute atomic E-state index is 0.0146. The van der Waals surface area contributed by atoms with Gasteiger partial charge in [0, 0.05) is 17.2 Å². The number of anilines is 1. The Labute approximate surface area is 180 Å². The molecular weight excluding hydrogens is 398 g/mol. The van der Waals surface area contributed by atoms with Crippen molar-refractivity contribution >= 4 is 21.6 Å². The number of hydrogen-bond donors (Lipinski definition) is 3. The first kappa shape index (κ1) is 24.1. The molecule has 30 heavy (non-hydrogen) atoms. The zero-order chi connectivity index (χ0) is 22.5. The summed E-state index contributed by atoms with van der Waals surface area (Å²) in [5.41, 5.74) is 3.07. The number of amides is 1. The van der Waals surface area contributed by atoms with Crippen molar-refractivity contribution in [2.45, 2.75) is 63.9 Å². The van der Waals surface area contributed by atoms with Crippen LogP contribution in [0.2, 0.25) is 0 Å². The second-order valence-electron chi connectivity index (χ2n) is 8.29. The normalized spacial score (nSPS) is 14.9. The molecule has 5 N–H and O–H groups in total. The van der Waals surface area contributed by atoms with E-state index in [4.69, 9.17) is 5.14 Å². The molecular formula is C23H34N3O3S+. The lowest BCUT2D eigenvalue weighted by Crippen LogP contribution is -2.93. The van der Waals surface area contributed by atoms with E-state index >= 15 is 0 Å². The van der Waals surface area contributed by atoms with E-state index in [2.05, 4.69) is 62.6 Å². The average molecular weight is 433 g/mol. The van der Waals surface area contributed by atoms with Crippen LogP contribution in [0, 0.1) is 5.92 Å². The van der Waals surface area contributed by atoms with E-state index in [1.54, 1.807) is 0 Å². The topological polar surface area (TPSA) is 106 Å². The summed E-state index contributed by atoms with van der Waals surface area (Å²) in [6.45, 7) is 10.6. The quantitative estimate of drug-likeness (QED) is 0.567.